The summed E-state index contributed by atoms with van der Waals surface area (Å²) in [6, 6.07) is 14.7. The first-order chi connectivity index (χ1) is 17.9. The largest absolute Gasteiger partial charge is 0.494 e. The van der Waals surface area contributed by atoms with Crippen molar-refractivity contribution in [2.75, 3.05) is 13.2 Å². The quantitative estimate of drug-likeness (QED) is 0.115. The number of rotatable bonds is 18. The van der Waals surface area contributed by atoms with Crippen LogP contribution in [0.3, 0.4) is 0 Å². The molecule has 0 radical (unpaired) electrons. The minimum atomic E-state index is -0.368. The number of aryl methyl sites for hydroxylation is 1. The Balaban J connectivity index is 1.46. The van der Waals surface area contributed by atoms with E-state index in [1.165, 1.54) is 37.7 Å². The molecule has 0 aliphatic carbocycles. The highest BCUT2D eigenvalue weighted by Gasteiger charge is 2.26. The van der Waals surface area contributed by atoms with Gasteiger partial charge in [0, 0.05) is 0 Å². The maximum Gasteiger partial charge on any atom is 0.343 e. The average Bonchev–Trinajstić information content (AvgIpc) is 2.91. The highest BCUT2D eigenvalue weighted by Crippen LogP contribution is 2.22. The molecule has 2 aromatic rings. The molecule has 2 rings (SSSR count). The smallest absolute Gasteiger partial charge is 0.343 e. The van der Waals surface area contributed by atoms with Crippen molar-refractivity contribution in [1.82, 2.24) is 0 Å². The normalized spacial score (nSPS) is 11.2. The number of hydrogen-bond donors (Lipinski definition) is 0. The number of unbranched alkanes of at least 4 members (excludes halogenated alkanes) is 8. The summed E-state index contributed by atoms with van der Waals surface area (Å²) in [6.07, 6.45) is 12.2. The van der Waals surface area contributed by atoms with Crippen LogP contribution in [0, 0.1) is 5.41 Å². The van der Waals surface area contributed by atoms with Crippen LogP contribution in [0.4, 0.5) is 0 Å². The molecule has 0 aliphatic rings. The predicted octanol–water partition coefficient (Wildman–Crippen LogP) is 8.34. The molecule has 37 heavy (non-hydrogen) atoms. The van der Waals surface area contributed by atoms with E-state index in [1.54, 1.807) is 12.1 Å². The number of ether oxygens (including phenoxy) is 3. The molecule has 2 aromatic carbocycles. The summed E-state index contributed by atoms with van der Waals surface area (Å²) < 4.78 is 16.7. The lowest BCUT2D eigenvalue weighted by Gasteiger charge is -2.20. The van der Waals surface area contributed by atoms with Crippen molar-refractivity contribution in [2.45, 2.75) is 98.3 Å². The number of carbonyl (C=O) groups is 2. The van der Waals surface area contributed by atoms with Gasteiger partial charge in [0.1, 0.15) is 11.5 Å². The first-order valence-electron chi connectivity index (χ1n) is 14.1. The molecular weight excluding hydrogens is 464 g/mol. The van der Waals surface area contributed by atoms with E-state index in [-0.39, 0.29) is 17.4 Å². The van der Waals surface area contributed by atoms with E-state index in [0.29, 0.717) is 24.5 Å². The molecule has 0 saturated heterocycles. The zero-order valence-corrected chi connectivity index (χ0v) is 23.4. The third-order valence-electron chi connectivity index (χ3n) is 6.86. The Hall–Kier alpha value is -2.82. The van der Waals surface area contributed by atoms with Crippen molar-refractivity contribution in [3.8, 4) is 11.5 Å². The Bertz CT molecular complexity index is 915. The third kappa shape index (κ3) is 11.8. The molecule has 204 valence electrons. The van der Waals surface area contributed by atoms with Gasteiger partial charge in [-0.25, -0.2) is 4.79 Å². The Morgan fingerprint density at radius 2 is 1.19 bits per heavy atom. The van der Waals surface area contributed by atoms with E-state index in [9.17, 15) is 9.59 Å². The summed E-state index contributed by atoms with van der Waals surface area (Å²) in [4.78, 5) is 24.3. The SMILES string of the molecule is CCc1ccc(OC(=O)c2ccc(OCCCCCCCCCCCOC(=O)C(C)(C)CC)cc2)cc1. The molecule has 0 atom stereocenters. The summed E-state index contributed by atoms with van der Waals surface area (Å²) in [5.74, 6) is 0.879. The molecule has 5 nitrogen and oxygen atoms in total. The van der Waals surface area contributed by atoms with Gasteiger partial charge in [0.2, 0.25) is 0 Å². The average molecular weight is 511 g/mol. The van der Waals surface area contributed by atoms with E-state index >= 15 is 0 Å². The van der Waals surface area contributed by atoms with Crippen LogP contribution in [0.15, 0.2) is 48.5 Å². The van der Waals surface area contributed by atoms with Gasteiger partial charge in [-0.05, 0) is 81.5 Å². The molecule has 5 heteroatoms. The monoisotopic (exact) mass is 510 g/mol. The lowest BCUT2D eigenvalue weighted by molar-refractivity contribution is -0.154. The Kier molecular flexibility index (Phi) is 13.8. The molecule has 0 bridgehead atoms. The van der Waals surface area contributed by atoms with Crippen molar-refractivity contribution in [3.05, 3.63) is 59.7 Å². The zero-order chi connectivity index (χ0) is 26.9. The van der Waals surface area contributed by atoms with E-state index < -0.39 is 0 Å². The van der Waals surface area contributed by atoms with Crippen molar-refractivity contribution < 1.29 is 23.8 Å². The summed E-state index contributed by atoms with van der Waals surface area (Å²) >= 11 is 0. The second-order valence-electron chi connectivity index (χ2n) is 10.3. The van der Waals surface area contributed by atoms with Gasteiger partial charge in [-0.1, -0.05) is 70.9 Å². The number of hydrogen-bond acceptors (Lipinski definition) is 5. The van der Waals surface area contributed by atoms with Gasteiger partial charge < -0.3 is 14.2 Å². The molecule has 0 aliphatic heterocycles. The second kappa shape index (κ2) is 16.8. The second-order valence-corrected chi connectivity index (χ2v) is 10.3. The Morgan fingerprint density at radius 1 is 0.676 bits per heavy atom. The van der Waals surface area contributed by atoms with Gasteiger partial charge in [-0.15, -0.1) is 0 Å². The maximum absolute atomic E-state index is 12.3. The first-order valence-corrected chi connectivity index (χ1v) is 14.1. The van der Waals surface area contributed by atoms with Crippen molar-refractivity contribution in [1.29, 1.82) is 0 Å². The van der Waals surface area contributed by atoms with Crippen molar-refractivity contribution in [2.24, 2.45) is 5.41 Å². The van der Waals surface area contributed by atoms with Gasteiger partial charge in [0.05, 0.1) is 24.2 Å². The van der Waals surface area contributed by atoms with E-state index in [1.807, 2.05) is 57.2 Å². The van der Waals surface area contributed by atoms with Gasteiger partial charge in [-0.2, -0.15) is 0 Å². The van der Waals surface area contributed by atoms with Gasteiger partial charge >= 0.3 is 11.9 Å². The fraction of sp³-hybridized carbons (Fsp3) is 0.562. The first kappa shape index (κ1) is 30.4. The molecule has 0 fully saturated rings. The lowest BCUT2D eigenvalue weighted by Crippen LogP contribution is -2.26. The van der Waals surface area contributed by atoms with E-state index in [0.717, 1.165) is 44.3 Å². The van der Waals surface area contributed by atoms with Crippen LogP contribution in [-0.2, 0) is 16.0 Å². The van der Waals surface area contributed by atoms with Gasteiger partial charge in [0.25, 0.3) is 0 Å². The van der Waals surface area contributed by atoms with Gasteiger partial charge in [-0.3, -0.25) is 4.79 Å². The Morgan fingerprint density at radius 3 is 1.73 bits per heavy atom. The third-order valence-corrected chi connectivity index (χ3v) is 6.86. The fourth-order valence-electron chi connectivity index (χ4n) is 3.78. The van der Waals surface area contributed by atoms with Crippen LogP contribution in [0.25, 0.3) is 0 Å². The molecule has 0 amide bonds. The summed E-state index contributed by atoms with van der Waals surface area (Å²) in [6.45, 7) is 9.21. The molecular formula is C32H46O5. The van der Waals surface area contributed by atoms with Crippen LogP contribution < -0.4 is 9.47 Å². The molecule has 0 heterocycles. The van der Waals surface area contributed by atoms with E-state index in [2.05, 4.69) is 6.92 Å². The van der Waals surface area contributed by atoms with Crippen LogP contribution in [-0.4, -0.2) is 25.2 Å². The fourth-order valence-corrected chi connectivity index (χ4v) is 3.78. The Labute approximate surface area is 223 Å². The van der Waals surface area contributed by atoms with Gasteiger partial charge in [0.15, 0.2) is 0 Å². The maximum atomic E-state index is 12.3. The van der Waals surface area contributed by atoms with Crippen LogP contribution in [0.1, 0.15) is 108 Å². The standard InChI is InChI=1S/C32H46O5/c1-5-26-16-20-29(21-17-26)37-30(33)27-18-22-28(23-19-27)35-24-14-12-10-8-7-9-11-13-15-25-36-31(34)32(3,4)6-2/h16-23H,5-15,24-25H2,1-4H3. The minimum absolute atomic E-state index is 0.0788. The van der Waals surface area contributed by atoms with Crippen LogP contribution >= 0.6 is 0 Å². The van der Waals surface area contributed by atoms with E-state index in [4.69, 9.17) is 14.2 Å². The van der Waals surface area contributed by atoms with Crippen LogP contribution in [0.5, 0.6) is 11.5 Å². The number of benzene rings is 2. The number of esters is 2. The predicted molar refractivity (Wildman–Crippen MR) is 149 cm³/mol. The molecule has 0 N–H and O–H groups in total. The lowest BCUT2D eigenvalue weighted by atomic mass is 9.91. The topological polar surface area (TPSA) is 61.8 Å². The summed E-state index contributed by atoms with van der Waals surface area (Å²) in [5.41, 5.74) is 1.35. The molecule has 0 aromatic heterocycles. The highest BCUT2D eigenvalue weighted by atomic mass is 16.5. The summed E-state index contributed by atoms with van der Waals surface area (Å²) in [7, 11) is 0. The molecule has 0 unspecified atom stereocenters. The summed E-state index contributed by atoms with van der Waals surface area (Å²) in [5, 5.41) is 0. The molecule has 0 spiro atoms. The minimum Gasteiger partial charge on any atom is -0.494 e. The zero-order valence-electron chi connectivity index (χ0n) is 23.4. The highest BCUT2D eigenvalue weighted by molar-refractivity contribution is 5.91. The number of carbonyl (C=O) groups excluding carboxylic acids is 2. The van der Waals surface area contributed by atoms with Crippen LogP contribution in [0.2, 0.25) is 0 Å². The van der Waals surface area contributed by atoms with Crippen molar-refractivity contribution >= 4 is 11.9 Å². The molecule has 0 saturated carbocycles. The van der Waals surface area contributed by atoms with Crippen molar-refractivity contribution in [3.63, 3.8) is 0 Å².